The number of rotatable bonds is 6. The number of aliphatic hydroxyl groups excluding tert-OH is 1. The first-order valence-corrected chi connectivity index (χ1v) is 5.98. The molecule has 92 valence electrons. The molecule has 0 aliphatic rings. The molecule has 1 aromatic rings. The predicted molar refractivity (Wildman–Crippen MR) is 68.5 cm³/mol. The summed E-state index contributed by atoms with van der Waals surface area (Å²) in [4.78, 5) is 0. The van der Waals surface area contributed by atoms with Gasteiger partial charge in [0.2, 0.25) is 0 Å². The molecule has 0 fully saturated rings. The van der Waals surface area contributed by atoms with Crippen LogP contribution in [0.4, 0.5) is 0 Å². The minimum absolute atomic E-state index is 0.249. The van der Waals surface area contributed by atoms with Gasteiger partial charge in [-0.05, 0) is 49.1 Å². The molecule has 17 heavy (non-hydrogen) atoms. The fraction of sp³-hybridized carbons (Fsp3) is 0.500. The fourth-order valence-corrected chi connectivity index (χ4v) is 1.74. The molecule has 3 heteroatoms. The molecule has 2 N–H and O–H groups in total. The Labute approximate surface area is 103 Å². The minimum Gasteiger partial charge on any atom is -0.396 e. The summed E-state index contributed by atoms with van der Waals surface area (Å²) in [6.45, 7) is 6.11. The lowest BCUT2D eigenvalue weighted by molar-refractivity contribution is 0.260. The molecule has 0 aromatic heterocycles. The SMILES string of the molecule is Cc1cc(C#N)ccc1CNCC(C)CCO. The number of hydrogen-bond donors (Lipinski definition) is 2. The van der Waals surface area contributed by atoms with Crippen molar-refractivity contribution in [1.29, 1.82) is 5.26 Å². The second-order valence-electron chi connectivity index (χ2n) is 4.50. The summed E-state index contributed by atoms with van der Waals surface area (Å²) in [5.74, 6) is 0.485. The maximum atomic E-state index is 8.80. The van der Waals surface area contributed by atoms with Gasteiger partial charge in [-0.25, -0.2) is 0 Å². The molecule has 1 rings (SSSR count). The lowest BCUT2D eigenvalue weighted by atomic mass is 10.0. The Morgan fingerprint density at radius 2 is 2.24 bits per heavy atom. The van der Waals surface area contributed by atoms with E-state index in [0.717, 1.165) is 25.1 Å². The quantitative estimate of drug-likeness (QED) is 0.788. The van der Waals surface area contributed by atoms with E-state index < -0.39 is 0 Å². The largest absolute Gasteiger partial charge is 0.396 e. The van der Waals surface area contributed by atoms with Crippen molar-refractivity contribution in [1.82, 2.24) is 5.32 Å². The highest BCUT2D eigenvalue weighted by Gasteiger charge is 2.02. The van der Waals surface area contributed by atoms with E-state index in [1.165, 1.54) is 5.56 Å². The molecule has 1 aromatic carbocycles. The van der Waals surface area contributed by atoms with Crippen LogP contribution < -0.4 is 5.32 Å². The zero-order valence-corrected chi connectivity index (χ0v) is 10.5. The van der Waals surface area contributed by atoms with Crippen molar-refractivity contribution in [3.05, 3.63) is 34.9 Å². The summed E-state index contributed by atoms with van der Waals surface area (Å²) in [5, 5.41) is 20.9. The van der Waals surface area contributed by atoms with Crippen LogP contribution in [0.1, 0.15) is 30.0 Å². The fourth-order valence-electron chi connectivity index (χ4n) is 1.74. The summed E-state index contributed by atoms with van der Waals surface area (Å²) in [5.41, 5.74) is 3.08. The Bertz CT molecular complexity index is 396. The Hall–Kier alpha value is -1.37. The van der Waals surface area contributed by atoms with Gasteiger partial charge in [-0.1, -0.05) is 13.0 Å². The average Bonchev–Trinajstić information content (AvgIpc) is 2.31. The predicted octanol–water partition coefficient (Wildman–Crippen LogP) is 1.97. The summed E-state index contributed by atoms with van der Waals surface area (Å²) in [6, 6.07) is 7.89. The van der Waals surface area contributed by atoms with Gasteiger partial charge in [0.25, 0.3) is 0 Å². The van der Waals surface area contributed by atoms with Gasteiger partial charge >= 0.3 is 0 Å². The number of nitrogens with one attached hydrogen (secondary N) is 1. The van der Waals surface area contributed by atoms with E-state index >= 15 is 0 Å². The molecule has 0 saturated heterocycles. The van der Waals surface area contributed by atoms with Crippen molar-refractivity contribution in [3.63, 3.8) is 0 Å². The minimum atomic E-state index is 0.249. The molecule has 0 spiro atoms. The standard InChI is InChI=1S/C14H20N2O/c1-11(5-6-17)9-16-10-14-4-3-13(8-15)7-12(14)2/h3-4,7,11,16-17H,5-6,9-10H2,1-2H3. The van der Waals surface area contributed by atoms with Crippen molar-refractivity contribution < 1.29 is 5.11 Å². The van der Waals surface area contributed by atoms with Crippen LogP contribution in [0.5, 0.6) is 0 Å². The summed E-state index contributed by atoms with van der Waals surface area (Å²) in [6.07, 6.45) is 0.833. The highest BCUT2D eigenvalue weighted by atomic mass is 16.3. The molecule has 0 aliphatic heterocycles. The van der Waals surface area contributed by atoms with Gasteiger partial charge in [0.15, 0.2) is 0 Å². The van der Waals surface area contributed by atoms with E-state index in [2.05, 4.69) is 18.3 Å². The first-order chi connectivity index (χ1) is 8.17. The molecule has 0 amide bonds. The van der Waals surface area contributed by atoms with Crippen LogP contribution in [0.25, 0.3) is 0 Å². The van der Waals surface area contributed by atoms with E-state index in [9.17, 15) is 0 Å². The maximum absolute atomic E-state index is 8.80. The lowest BCUT2D eigenvalue weighted by Crippen LogP contribution is -2.21. The molecule has 0 aliphatic carbocycles. The Morgan fingerprint density at radius 1 is 1.47 bits per heavy atom. The number of hydrogen-bond acceptors (Lipinski definition) is 3. The van der Waals surface area contributed by atoms with Crippen LogP contribution in [0.15, 0.2) is 18.2 Å². The third kappa shape index (κ3) is 4.56. The molecule has 1 unspecified atom stereocenters. The highest BCUT2D eigenvalue weighted by molar-refractivity contribution is 5.37. The summed E-state index contributed by atoms with van der Waals surface area (Å²) < 4.78 is 0. The average molecular weight is 232 g/mol. The van der Waals surface area contributed by atoms with Gasteiger partial charge < -0.3 is 10.4 Å². The van der Waals surface area contributed by atoms with E-state index in [4.69, 9.17) is 10.4 Å². The van der Waals surface area contributed by atoms with Gasteiger partial charge in [-0.3, -0.25) is 0 Å². The van der Waals surface area contributed by atoms with Crippen LogP contribution in [0.3, 0.4) is 0 Å². The molecular formula is C14H20N2O. The Kier molecular flexibility index (Phi) is 5.68. The first-order valence-electron chi connectivity index (χ1n) is 5.98. The smallest absolute Gasteiger partial charge is 0.0991 e. The van der Waals surface area contributed by atoms with Crippen molar-refractivity contribution >= 4 is 0 Å². The highest BCUT2D eigenvalue weighted by Crippen LogP contribution is 2.10. The maximum Gasteiger partial charge on any atom is 0.0991 e. The van der Waals surface area contributed by atoms with Crippen LogP contribution >= 0.6 is 0 Å². The second-order valence-corrected chi connectivity index (χ2v) is 4.50. The number of benzene rings is 1. The second kappa shape index (κ2) is 7.05. The number of nitrogens with zero attached hydrogens (tertiary/aromatic N) is 1. The van der Waals surface area contributed by atoms with Crippen molar-refractivity contribution in [2.75, 3.05) is 13.2 Å². The van der Waals surface area contributed by atoms with E-state index in [1.807, 2.05) is 25.1 Å². The molecule has 0 saturated carbocycles. The molecule has 1 atom stereocenters. The van der Waals surface area contributed by atoms with E-state index in [1.54, 1.807) is 0 Å². The Morgan fingerprint density at radius 3 is 2.82 bits per heavy atom. The molecule has 3 nitrogen and oxygen atoms in total. The zero-order valence-electron chi connectivity index (χ0n) is 10.5. The third-order valence-corrected chi connectivity index (χ3v) is 2.90. The van der Waals surface area contributed by atoms with Crippen LogP contribution in [0.2, 0.25) is 0 Å². The Balaban J connectivity index is 2.45. The first kappa shape index (κ1) is 13.7. The monoisotopic (exact) mass is 232 g/mol. The third-order valence-electron chi connectivity index (χ3n) is 2.90. The summed E-state index contributed by atoms with van der Waals surface area (Å²) in [7, 11) is 0. The van der Waals surface area contributed by atoms with Crippen LogP contribution in [-0.4, -0.2) is 18.3 Å². The van der Waals surface area contributed by atoms with Gasteiger partial charge in [0.1, 0.15) is 0 Å². The van der Waals surface area contributed by atoms with Crippen molar-refractivity contribution in [2.45, 2.75) is 26.8 Å². The number of aliphatic hydroxyl groups is 1. The van der Waals surface area contributed by atoms with Gasteiger partial charge in [0, 0.05) is 13.2 Å². The lowest BCUT2D eigenvalue weighted by Gasteiger charge is -2.12. The molecular weight excluding hydrogens is 212 g/mol. The van der Waals surface area contributed by atoms with Gasteiger partial charge in [-0.15, -0.1) is 0 Å². The van der Waals surface area contributed by atoms with Crippen molar-refractivity contribution in [2.24, 2.45) is 5.92 Å². The van der Waals surface area contributed by atoms with Gasteiger partial charge in [0.05, 0.1) is 11.6 Å². The molecule has 0 bridgehead atoms. The normalized spacial score (nSPS) is 12.1. The molecule has 0 heterocycles. The number of aryl methyl sites for hydroxylation is 1. The van der Waals surface area contributed by atoms with Crippen LogP contribution in [-0.2, 0) is 6.54 Å². The number of nitriles is 1. The van der Waals surface area contributed by atoms with Crippen LogP contribution in [0, 0.1) is 24.2 Å². The van der Waals surface area contributed by atoms with Gasteiger partial charge in [-0.2, -0.15) is 5.26 Å². The topological polar surface area (TPSA) is 56.0 Å². The van der Waals surface area contributed by atoms with E-state index in [0.29, 0.717) is 11.5 Å². The van der Waals surface area contributed by atoms with Crippen molar-refractivity contribution in [3.8, 4) is 6.07 Å². The molecule has 0 radical (unpaired) electrons. The van der Waals surface area contributed by atoms with E-state index in [-0.39, 0.29) is 6.61 Å². The zero-order chi connectivity index (χ0) is 12.7. The summed E-state index contributed by atoms with van der Waals surface area (Å²) >= 11 is 0.